The van der Waals surface area contributed by atoms with E-state index in [9.17, 15) is 9.59 Å². The van der Waals surface area contributed by atoms with Gasteiger partial charge in [-0.1, -0.05) is 11.6 Å². The first kappa shape index (κ1) is 15.7. The molecule has 0 aromatic carbocycles. The van der Waals surface area contributed by atoms with E-state index in [1.165, 1.54) is 11.3 Å². The molecule has 1 heterocycles. The maximum atomic E-state index is 12.1. The zero-order valence-electron chi connectivity index (χ0n) is 10.9. The number of thiophene rings is 1. The number of carbonyl (C=O) groups is 2. The summed E-state index contributed by atoms with van der Waals surface area (Å²) in [6.07, 6.45) is 2.01. The maximum Gasteiger partial charge on any atom is 0.305 e. The van der Waals surface area contributed by atoms with Crippen LogP contribution in [-0.2, 0) is 15.3 Å². The normalized spacial score (nSPS) is 14.2. The van der Waals surface area contributed by atoms with Gasteiger partial charge in [-0.3, -0.25) is 9.59 Å². The van der Waals surface area contributed by atoms with Crippen molar-refractivity contribution in [2.75, 3.05) is 12.3 Å². The number of carboxylic acid groups (broad SMARTS) is 1. The number of hydrogen-bond donors (Lipinski definition) is 1. The van der Waals surface area contributed by atoms with Crippen LogP contribution in [-0.4, -0.2) is 40.2 Å². The molecule has 1 saturated carbocycles. The predicted molar refractivity (Wildman–Crippen MR) is 82.5 cm³/mol. The summed E-state index contributed by atoms with van der Waals surface area (Å²) in [7, 11) is 0. The van der Waals surface area contributed by atoms with Gasteiger partial charge in [0.1, 0.15) is 0 Å². The number of hydrogen-bond acceptors (Lipinski definition) is 4. The minimum atomic E-state index is -0.857. The molecule has 1 aromatic rings. The highest BCUT2D eigenvalue weighted by Crippen LogP contribution is 2.29. The summed E-state index contributed by atoms with van der Waals surface area (Å²) in [5, 5.41) is 8.72. The van der Waals surface area contributed by atoms with Gasteiger partial charge in [0.05, 0.1) is 16.5 Å². The van der Waals surface area contributed by atoms with Crippen molar-refractivity contribution in [2.24, 2.45) is 0 Å². The van der Waals surface area contributed by atoms with Crippen LogP contribution >= 0.6 is 34.7 Å². The van der Waals surface area contributed by atoms with E-state index >= 15 is 0 Å². The first-order valence-corrected chi connectivity index (χ1v) is 8.74. The zero-order chi connectivity index (χ0) is 14.5. The van der Waals surface area contributed by atoms with Crippen molar-refractivity contribution in [1.29, 1.82) is 0 Å². The summed E-state index contributed by atoms with van der Waals surface area (Å²) < 4.78 is 0.757. The van der Waals surface area contributed by atoms with Crippen molar-refractivity contribution < 1.29 is 14.7 Å². The van der Waals surface area contributed by atoms with Crippen LogP contribution in [0.25, 0.3) is 0 Å². The lowest BCUT2D eigenvalue weighted by Gasteiger charge is -2.21. The molecule has 1 aliphatic rings. The van der Waals surface area contributed by atoms with Crippen LogP contribution in [0.1, 0.15) is 24.1 Å². The van der Waals surface area contributed by atoms with Gasteiger partial charge in [-0.2, -0.15) is 0 Å². The third-order valence-electron chi connectivity index (χ3n) is 2.97. The van der Waals surface area contributed by atoms with E-state index in [1.807, 2.05) is 12.1 Å². The highest BCUT2D eigenvalue weighted by molar-refractivity contribution is 7.99. The second-order valence-corrected chi connectivity index (χ2v) is 7.45. The summed E-state index contributed by atoms with van der Waals surface area (Å²) in [6.45, 7) is 0.324. The Hall–Kier alpha value is -0.720. The molecule has 1 N–H and O–H groups in total. The van der Waals surface area contributed by atoms with Gasteiger partial charge in [-0.15, -0.1) is 23.1 Å². The van der Waals surface area contributed by atoms with Crippen molar-refractivity contribution in [3.63, 3.8) is 0 Å². The number of carboxylic acids is 1. The van der Waals surface area contributed by atoms with E-state index in [0.717, 1.165) is 27.8 Å². The molecule has 0 bridgehead atoms. The molecule has 7 heteroatoms. The Morgan fingerprint density at radius 1 is 1.45 bits per heavy atom. The number of amides is 1. The molecule has 1 amide bonds. The fourth-order valence-electron chi connectivity index (χ4n) is 1.86. The SMILES string of the molecule is O=C(O)CCN(C(=O)CSCc1ccc(Cl)s1)C1CC1. The van der Waals surface area contributed by atoms with Gasteiger partial charge in [0.2, 0.25) is 5.91 Å². The lowest BCUT2D eigenvalue weighted by Crippen LogP contribution is -2.36. The smallest absolute Gasteiger partial charge is 0.305 e. The zero-order valence-corrected chi connectivity index (χ0v) is 13.3. The van der Waals surface area contributed by atoms with Crippen molar-refractivity contribution in [2.45, 2.75) is 31.1 Å². The minimum absolute atomic E-state index is 0.0213. The summed E-state index contributed by atoms with van der Waals surface area (Å²) >= 11 is 8.92. The number of aliphatic carboxylic acids is 1. The molecular weight excluding hydrogens is 318 g/mol. The van der Waals surface area contributed by atoms with Gasteiger partial charge >= 0.3 is 5.97 Å². The van der Waals surface area contributed by atoms with Crippen LogP contribution < -0.4 is 0 Å². The second kappa shape index (κ2) is 7.33. The third-order valence-corrected chi connectivity index (χ3v) is 5.35. The molecule has 0 aliphatic heterocycles. The summed E-state index contributed by atoms with van der Waals surface area (Å²) in [6, 6.07) is 4.08. The van der Waals surface area contributed by atoms with Gasteiger partial charge in [0.15, 0.2) is 0 Å². The Labute approximate surface area is 131 Å². The molecule has 0 spiro atoms. The van der Waals surface area contributed by atoms with E-state index in [0.29, 0.717) is 12.3 Å². The molecule has 1 aromatic heterocycles. The molecule has 1 aliphatic carbocycles. The monoisotopic (exact) mass is 333 g/mol. The first-order valence-electron chi connectivity index (χ1n) is 6.39. The van der Waals surface area contributed by atoms with Crippen LogP contribution in [0.2, 0.25) is 4.34 Å². The Balaban J connectivity index is 1.75. The van der Waals surface area contributed by atoms with Crippen molar-refractivity contribution in [3.05, 3.63) is 21.3 Å². The first-order chi connectivity index (χ1) is 9.56. The average molecular weight is 334 g/mol. The number of carbonyl (C=O) groups excluding carboxylic acids is 1. The third kappa shape index (κ3) is 5.00. The lowest BCUT2D eigenvalue weighted by molar-refractivity contribution is -0.138. The largest absolute Gasteiger partial charge is 0.481 e. The average Bonchev–Trinajstić information content (AvgIpc) is 3.13. The number of rotatable bonds is 8. The summed E-state index contributed by atoms with van der Waals surface area (Å²) in [5.74, 6) is 0.345. The van der Waals surface area contributed by atoms with E-state index < -0.39 is 5.97 Å². The van der Waals surface area contributed by atoms with E-state index in [2.05, 4.69) is 0 Å². The Morgan fingerprint density at radius 3 is 2.75 bits per heavy atom. The Bertz CT molecular complexity index is 488. The van der Waals surface area contributed by atoms with Gasteiger partial charge in [0.25, 0.3) is 0 Å². The van der Waals surface area contributed by atoms with Crippen LogP contribution in [0.5, 0.6) is 0 Å². The molecule has 110 valence electrons. The standard InChI is InChI=1S/C13H16ClNO3S2/c14-11-4-3-10(20-11)7-19-8-12(16)15(9-1-2-9)6-5-13(17)18/h3-4,9H,1-2,5-8H2,(H,17,18). The quantitative estimate of drug-likeness (QED) is 0.794. The van der Waals surface area contributed by atoms with Crippen molar-refractivity contribution in [1.82, 2.24) is 4.90 Å². The molecule has 2 rings (SSSR count). The summed E-state index contributed by atoms with van der Waals surface area (Å²) in [5.41, 5.74) is 0. The highest BCUT2D eigenvalue weighted by Gasteiger charge is 2.32. The fourth-order valence-corrected chi connectivity index (χ4v) is 3.97. The van der Waals surface area contributed by atoms with Crippen LogP contribution in [0.3, 0.4) is 0 Å². The maximum absolute atomic E-state index is 12.1. The number of halogens is 1. The Morgan fingerprint density at radius 2 is 2.20 bits per heavy atom. The molecule has 0 unspecified atom stereocenters. The van der Waals surface area contributed by atoms with Crippen LogP contribution in [0.4, 0.5) is 0 Å². The van der Waals surface area contributed by atoms with Crippen molar-refractivity contribution in [3.8, 4) is 0 Å². The highest BCUT2D eigenvalue weighted by atomic mass is 35.5. The topological polar surface area (TPSA) is 57.6 Å². The molecule has 4 nitrogen and oxygen atoms in total. The van der Waals surface area contributed by atoms with Gasteiger partial charge in [0, 0.05) is 23.2 Å². The van der Waals surface area contributed by atoms with Crippen molar-refractivity contribution >= 4 is 46.6 Å². The van der Waals surface area contributed by atoms with Crippen LogP contribution in [0.15, 0.2) is 12.1 Å². The molecule has 0 atom stereocenters. The summed E-state index contributed by atoms with van der Waals surface area (Å²) in [4.78, 5) is 25.6. The second-order valence-electron chi connectivity index (χ2n) is 4.66. The van der Waals surface area contributed by atoms with Gasteiger partial charge in [-0.05, 0) is 25.0 Å². The fraction of sp³-hybridized carbons (Fsp3) is 0.538. The van der Waals surface area contributed by atoms with Gasteiger partial charge < -0.3 is 10.0 Å². The molecule has 0 saturated heterocycles. The number of nitrogens with zero attached hydrogens (tertiary/aromatic N) is 1. The Kier molecular flexibility index (Phi) is 5.74. The van der Waals surface area contributed by atoms with E-state index in [-0.39, 0.29) is 18.4 Å². The molecule has 20 heavy (non-hydrogen) atoms. The van der Waals surface area contributed by atoms with E-state index in [1.54, 1.807) is 16.7 Å². The molecule has 0 radical (unpaired) electrons. The van der Waals surface area contributed by atoms with E-state index in [4.69, 9.17) is 16.7 Å². The predicted octanol–water partition coefficient (Wildman–Crippen LogP) is 3.10. The number of thioether (sulfide) groups is 1. The van der Waals surface area contributed by atoms with Gasteiger partial charge in [-0.25, -0.2) is 0 Å². The molecular formula is C13H16ClNO3S2. The lowest BCUT2D eigenvalue weighted by atomic mass is 10.3. The van der Waals surface area contributed by atoms with Crippen LogP contribution in [0, 0.1) is 0 Å². The minimum Gasteiger partial charge on any atom is -0.481 e. The molecule has 1 fully saturated rings.